The van der Waals surface area contributed by atoms with Gasteiger partial charge in [0.05, 0.1) is 15.6 Å². The number of pyridine rings is 1. The van der Waals surface area contributed by atoms with Crippen molar-refractivity contribution in [2.75, 3.05) is 0 Å². The van der Waals surface area contributed by atoms with E-state index in [1.165, 1.54) is 35.3 Å². The highest BCUT2D eigenvalue weighted by Gasteiger charge is 2.31. The lowest BCUT2D eigenvalue weighted by molar-refractivity contribution is -0.274. The van der Waals surface area contributed by atoms with Gasteiger partial charge >= 0.3 is 6.36 Å². The molecule has 5 nitrogen and oxygen atoms in total. The Morgan fingerprint density at radius 2 is 1.80 bits per heavy atom. The molecule has 0 fully saturated rings. The van der Waals surface area contributed by atoms with Crippen LogP contribution in [-0.4, -0.2) is 26.1 Å². The molecule has 0 atom stereocenters. The third kappa shape index (κ3) is 3.85. The average Bonchev–Trinajstić information content (AvgIpc) is 2.88. The summed E-state index contributed by atoms with van der Waals surface area (Å²) in [6.07, 6.45) is -1.96. The zero-order chi connectivity index (χ0) is 18.2. The molecule has 0 unspecified atom stereocenters. The summed E-state index contributed by atoms with van der Waals surface area (Å²) in [5, 5.41) is 4.77. The predicted molar refractivity (Wildman–Crippen MR) is 86.4 cm³/mol. The largest absolute Gasteiger partial charge is 0.573 e. The van der Waals surface area contributed by atoms with Crippen LogP contribution in [0.5, 0.6) is 5.75 Å². The highest BCUT2D eigenvalue weighted by atomic mass is 35.5. The van der Waals surface area contributed by atoms with Crippen LogP contribution in [0.25, 0.3) is 22.8 Å². The smallest absolute Gasteiger partial charge is 0.406 e. The van der Waals surface area contributed by atoms with Crippen molar-refractivity contribution >= 4 is 23.2 Å². The first kappa shape index (κ1) is 17.5. The van der Waals surface area contributed by atoms with Crippen molar-refractivity contribution in [3.05, 3.63) is 46.7 Å². The van der Waals surface area contributed by atoms with Gasteiger partial charge in [-0.2, -0.15) is 5.10 Å². The minimum atomic E-state index is -4.78. The number of ether oxygens (including phenoxy) is 1. The van der Waals surface area contributed by atoms with Gasteiger partial charge in [-0.1, -0.05) is 35.3 Å². The SMILES string of the molecule is Cn1nc(-c2cccc(OC(F)(F)F)c2)nc1-c1c(Cl)cncc1Cl. The summed E-state index contributed by atoms with van der Waals surface area (Å²) in [5.74, 6) is 0.197. The number of hydrogen-bond acceptors (Lipinski definition) is 4. The first-order valence-electron chi connectivity index (χ1n) is 6.81. The molecule has 0 radical (unpaired) electrons. The maximum atomic E-state index is 12.4. The fourth-order valence-electron chi connectivity index (χ4n) is 2.18. The molecule has 0 saturated carbocycles. The van der Waals surface area contributed by atoms with E-state index in [2.05, 4.69) is 19.8 Å². The maximum Gasteiger partial charge on any atom is 0.573 e. The van der Waals surface area contributed by atoms with E-state index in [0.29, 0.717) is 17.0 Å². The normalized spacial score (nSPS) is 11.6. The zero-order valence-corrected chi connectivity index (χ0v) is 14.1. The van der Waals surface area contributed by atoms with E-state index in [4.69, 9.17) is 23.2 Å². The van der Waals surface area contributed by atoms with Gasteiger partial charge in [-0.15, -0.1) is 13.2 Å². The van der Waals surface area contributed by atoms with Gasteiger partial charge in [0.25, 0.3) is 0 Å². The molecule has 10 heteroatoms. The second-order valence-corrected chi connectivity index (χ2v) is 5.75. The van der Waals surface area contributed by atoms with Crippen LogP contribution in [0.4, 0.5) is 13.2 Å². The van der Waals surface area contributed by atoms with Gasteiger partial charge in [0.15, 0.2) is 11.6 Å². The number of aromatic nitrogens is 4. The van der Waals surface area contributed by atoms with E-state index < -0.39 is 6.36 Å². The second-order valence-electron chi connectivity index (χ2n) is 4.94. The topological polar surface area (TPSA) is 52.8 Å². The lowest BCUT2D eigenvalue weighted by Gasteiger charge is -2.08. The lowest BCUT2D eigenvalue weighted by Crippen LogP contribution is -2.17. The van der Waals surface area contributed by atoms with E-state index in [9.17, 15) is 13.2 Å². The first-order valence-corrected chi connectivity index (χ1v) is 7.57. The summed E-state index contributed by atoms with van der Waals surface area (Å²) in [5.41, 5.74) is 0.784. The summed E-state index contributed by atoms with van der Waals surface area (Å²) in [7, 11) is 1.62. The summed E-state index contributed by atoms with van der Waals surface area (Å²) in [6.45, 7) is 0. The molecule has 0 saturated heterocycles. The molecule has 0 spiro atoms. The number of benzene rings is 1. The molecule has 130 valence electrons. The van der Waals surface area contributed by atoms with Gasteiger partial charge in [-0.05, 0) is 12.1 Å². The van der Waals surface area contributed by atoms with Crippen LogP contribution in [0.1, 0.15) is 0 Å². The Morgan fingerprint density at radius 3 is 2.44 bits per heavy atom. The molecule has 2 aromatic heterocycles. The monoisotopic (exact) mass is 388 g/mol. The van der Waals surface area contributed by atoms with Crippen molar-refractivity contribution < 1.29 is 17.9 Å². The molecule has 3 rings (SSSR count). The van der Waals surface area contributed by atoms with Gasteiger partial charge in [0, 0.05) is 25.0 Å². The first-order chi connectivity index (χ1) is 11.7. The number of aryl methyl sites for hydroxylation is 1. The molecule has 0 N–H and O–H groups in total. The zero-order valence-electron chi connectivity index (χ0n) is 12.6. The average molecular weight is 389 g/mol. The molecule has 1 aromatic carbocycles. The Balaban J connectivity index is 2.02. The molecule has 0 aliphatic carbocycles. The second kappa shape index (κ2) is 6.53. The van der Waals surface area contributed by atoms with E-state index in [0.717, 1.165) is 0 Å². The molecule has 0 bridgehead atoms. The molecule has 3 aromatic rings. The van der Waals surface area contributed by atoms with Crippen LogP contribution in [0.15, 0.2) is 36.7 Å². The standard InChI is InChI=1S/C15H9Cl2F3N4O/c1-24-14(12-10(16)6-21-7-11(12)17)22-13(23-24)8-3-2-4-9(5-8)25-15(18,19)20/h2-7H,1H3. The van der Waals surface area contributed by atoms with Crippen LogP contribution in [-0.2, 0) is 7.05 Å². The molecular formula is C15H9Cl2F3N4O. The van der Waals surface area contributed by atoms with Crippen LogP contribution in [0.3, 0.4) is 0 Å². The number of rotatable bonds is 3. The lowest BCUT2D eigenvalue weighted by atomic mass is 10.2. The molecular weight excluding hydrogens is 380 g/mol. The minimum Gasteiger partial charge on any atom is -0.406 e. The Kier molecular flexibility index (Phi) is 4.57. The molecule has 0 amide bonds. The number of alkyl halides is 3. The molecule has 0 aliphatic rings. The van der Waals surface area contributed by atoms with E-state index in [1.54, 1.807) is 13.1 Å². The summed E-state index contributed by atoms with van der Waals surface area (Å²) < 4.78 is 42.4. The van der Waals surface area contributed by atoms with Crippen molar-refractivity contribution in [1.29, 1.82) is 0 Å². The molecule has 25 heavy (non-hydrogen) atoms. The quantitative estimate of drug-likeness (QED) is 0.649. The summed E-state index contributed by atoms with van der Waals surface area (Å²) in [6, 6.07) is 5.37. The summed E-state index contributed by atoms with van der Waals surface area (Å²) >= 11 is 12.2. The minimum absolute atomic E-state index is 0.203. The van der Waals surface area contributed by atoms with Crippen LogP contribution >= 0.6 is 23.2 Å². The maximum absolute atomic E-state index is 12.4. The fourth-order valence-corrected chi connectivity index (χ4v) is 2.72. The number of nitrogens with zero attached hydrogens (tertiary/aromatic N) is 4. The molecule has 0 aliphatic heterocycles. The van der Waals surface area contributed by atoms with Gasteiger partial charge in [0.2, 0.25) is 0 Å². The van der Waals surface area contributed by atoms with Crippen LogP contribution in [0.2, 0.25) is 10.0 Å². The van der Waals surface area contributed by atoms with Gasteiger partial charge in [-0.25, -0.2) is 9.67 Å². The van der Waals surface area contributed by atoms with Crippen LogP contribution < -0.4 is 4.74 Å². The Bertz CT molecular complexity index is 907. The molecule has 2 heterocycles. The highest BCUT2D eigenvalue weighted by molar-refractivity contribution is 6.38. The Hall–Kier alpha value is -2.32. The van der Waals surface area contributed by atoms with E-state index in [-0.39, 0.29) is 21.6 Å². The Labute approximate surface area is 150 Å². The predicted octanol–water partition coefficient (Wildman–Crippen LogP) is 4.75. The van der Waals surface area contributed by atoms with E-state index in [1.807, 2.05) is 0 Å². The van der Waals surface area contributed by atoms with E-state index >= 15 is 0 Å². The van der Waals surface area contributed by atoms with Crippen molar-refractivity contribution in [2.24, 2.45) is 7.05 Å². The van der Waals surface area contributed by atoms with Crippen LogP contribution in [0, 0.1) is 0 Å². The summed E-state index contributed by atoms with van der Waals surface area (Å²) in [4.78, 5) is 8.19. The number of hydrogen-bond donors (Lipinski definition) is 0. The van der Waals surface area contributed by atoms with Crippen molar-refractivity contribution in [3.8, 4) is 28.5 Å². The third-order valence-corrected chi connectivity index (χ3v) is 3.74. The number of halogens is 5. The van der Waals surface area contributed by atoms with Gasteiger partial charge in [0.1, 0.15) is 5.75 Å². The fraction of sp³-hybridized carbons (Fsp3) is 0.133. The third-order valence-electron chi connectivity index (χ3n) is 3.17. The van der Waals surface area contributed by atoms with Gasteiger partial charge in [-0.3, -0.25) is 4.98 Å². The van der Waals surface area contributed by atoms with Crippen molar-refractivity contribution in [3.63, 3.8) is 0 Å². The highest BCUT2D eigenvalue weighted by Crippen LogP contribution is 2.34. The van der Waals surface area contributed by atoms with Crippen molar-refractivity contribution in [1.82, 2.24) is 19.7 Å². The van der Waals surface area contributed by atoms with Crippen molar-refractivity contribution in [2.45, 2.75) is 6.36 Å². The van der Waals surface area contributed by atoms with Gasteiger partial charge < -0.3 is 4.74 Å². The Morgan fingerprint density at radius 1 is 1.12 bits per heavy atom.